The van der Waals surface area contributed by atoms with E-state index in [4.69, 9.17) is 9.15 Å². The molecule has 0 spiro atoms. The molecule has 0 radical (unpaired) electrons. The monoisotopic (exact) mass is 280 g/mol. The maximum atomic E-state index is 5.99. The predicted octanol–water partition coefficient (Wildman–Crippen LogP) is 3.94. The van der Waals surface area contributed by atoms with Crippen molar-refractivity contribution < 1.29 is 9.15 Å². The van der Waals surface area contributed by atoms with Gasteiger partial charge in [-0.25, -0.2) is 4.98 Å². The molecule has 2 aromatic carbocycles. The largest absolute Gasteiger partial charge is 0.477 e. The van der Waals surface area contributed by atoms with Crippen molar-refractivity contribution >= 4 is 16.8 Å². The summed E-state index contributed by atoms with van der Waals surface area (Å²) in [6.07, 6.45) is 0.796. The van der Waals surface area contributed by atoms with Gasteiger partial charge in [0.2, 0.25) is 5.89 Å². The van der Waals surface area contributed by atoms with Gasteiger partial charge < -0.3 is 14.5 Å². The van der Waals surface area contributed by atoms with Gasteiger partial charge in [0.15, 0.2) is 11.7 Å². The molecule has 1 N–H and O–H groups in total. The second kappa shape index (κ2) is 4.81. The van der Waals surface area contributed by atoms with Crippen LogP contribution in [0.25, 0.3) is 11.1 Å². The average molecular weight is 280 g/mol. The number of nitrogens with one attached hydrogen (secondary N) is 1. The number of hydrogen-bond acceptors (Lipinski definition) is 4. The van der Waals surface area contributed by atoms with Gasteiger partial charge in [-0.05, 0) is 36.2 Å². The zero-order valence-corrected chi connectivity index (χ0v) is 11.8. The number of benzene rings is 2. The number of para-hydroxylation sites is 2. The molecule has 4 heteroatoms. The van der Waals surface area contributed by atoms with Crippen LogP contribution in [-0.4, -0.2) is 11.5 Å². The molecule has 0 aliphatic carbocycles. The summed E-state index contributed by atoms with van der Waals surface area (Å²) in [5.41, 5.74) is 3.98. The van der Waals surface area contributed by atoms with E-state index in [2.05, 4.69) is 29.4 Å². The topological polar surface area (TPSA) is 47.3 Å². The van der Waals surface area contributed by atoms with Crippen LogP contribution in [0.3, 0.4) is 0 Å². The molecule has 0 bridgehead atoms. The molecule has 1 atom stereocenters. The first-order valence-electron chi connectivity index (χ1n) is 7.22. The summed E-state index contributed by atoms with van der Waals surface area (Å²) in [7, 11) is 0. The number of aromatic nitrogens is 1. The van der Waals surface area contributed by atoms with Crippen LogP contribution in [0.15, 0.2) is 46.9 Å². The number of anilines is 1. The lowest BCUT2D eigenvalue weighted by atomic mass is 10.1. The van der Waals surface area contributed by atoms with Crippen LogP contribution in [0.5, 0.6) is 5.75 Å². The Balaban J connectivity index is 1.68. The van der Waals surface area contributed by atoms with Crippen molar-refractivity contribution in [2.45, 2.75) is 19.4 Å². The van der Waals surface area contributed by atoms with Crippen molar-refractivity contribution in [1.29, 1.82) is 0 Å². The van der Waals surface area contributed by atoms with Crippen LogP contribution < -0.4 is 10.1 Å². The second-order valence-electron chi connectivity index (χ2n) is 5.19. The fourth-order valence-corrected chi connectivity index (χ4v) is 2.60. The molecule has 4 nitrogen and oxygen atoms in total. The normalized spacial score (nSPS) is 17.1. The third-order valence-electron chi connectivity index (χ3n) is 3.79. The molecule has 0 fully saturated rings. The van der Waals surface area contributed by atoms with E-state index in [9.17, 15) is 0 Å². The Labute approximate surface area is 122 Å². The van der Waals surface area contributed by atoms with E-state index >= 15 is 0 Å². The van der Waals surface area contributed by atoms with Crippen molar-refractivity contribution in [1.82, 2.24) is 4.98 Å². The summed E-state index contributed by atoms with van der Waals surface area (Å²) in [4.78, 5) is 4.59. The van der Waals surface area contributed by atoms with Crippen LogP contribution >= 0.6 is 0 Å². The van der Waals surface area contributed by atoms with Gasteiger partial charge in [-0.3, -0.25) is 0 Å². The van der Waals surface area contributed by atoms with Crippen molar-refractivity contribution in [3.63, 3.8) is 0 Å². The molecule has 4 rings (SSSR count). The first-order valence-corrected chi connectivity index (χ1v) is 7.22. The number of oxazole rings is 1. The van der Waals surface area contributed by atoms with E-state index in [1.54, 1.807) is 0 Å². The lowest BCUT2D eigenvalue weighted by Crippen LogP contribution is -2.23. The van der Waals surface area contributed by atoms with Gasteiger partial charge in [0.05, 0.1) is 12.2 Å². The van der Waals surface area contributed by atoms with Crippen molar-refractivity contribution in [2.75, 3.05) is 11.9 Å². The number of rotatable bonds is 2. The number of ether oxygens (including phenoxy) is 1. The van der Waals surface area contributed by atoms with Gasteiger partial charge in [-0.1, -0.05) is 25.1 Å². The lowest BCUT2D eigenvalue weighted by Gasteiger charge is -2.25. The van der Waals surface area contributed by atoms with Gasteiger partial charge in [0, 0.05) is 0 Å². The van der Waals surface area contributed by atoms with Crippen LogP contribution in [0.1, 0.15) is 24.5 Å². The molecule has 106 valence electrons. The molecule has 3 aromatic rings. The highest BCUT2D eigenvalue weighted by Gasteiger charge is 2.25. The first-order chi connectivity index (χ1) is 10.3. The molecule has 1 aliphatic rings. The minimum Gasteiger partial charge on any atom is -0.477 e. The Bertz CT molecular complexity index is 794. The fourth-order valence-electron chi connectivity index (χ4n) is 2.60. The van der Waals surface area contributed by atoms with Gasteiger partial charge in [0.1, 0.15) is 11.3 Å². The highest BCUT2D eigenvalue weighted by atomic mass is 16.5. The predicted molar refractivity (Wildman–Crippen MR) is 81.7 cm³/mol. The summed E-state index contributed by atoms with van der Waals surface area (Å²) in [5, 5.41) is 3.35. The molecule has 1 aliphatic heterocycles. The molecule has 1 aromatic heterocycles. The summed E-state index contributed by atoms with van der Waals surface area (Å²) >= 11 is 0. The van der Waals surface area contributed by atoms with Crippen LogP contribution in [0.4, 0.5) is 5.69 Å². The van der Waals surface area contributed by atoms with Gasteiger partial charge in [-0.15, -0.1) is 0 Å². The molecule has 0 saturated heterocycles. The molecule has 2 heterocycles. The molecule has 21 heavy (non-hydrogen) atoms. The molecular formula is C17H16N2O2. The highest BCUT2D eigenvalue weighted by molar-refractivity contribution is 5.73. The number of fused-ring (bicyclic) bond motifs is 2. The Morgan fingerprint density at radius 3 is 3.05 bits per heavy atom. The lowest BCUT2D eigenvalue weighted by molar-refractivity contribution is 0.177. The van der Waals surface area contributed by atoms with E-state index in [0.29, 0.717) is 12.4 Å². The molecular weight excluding hydrogens is 264 g/mol. The standard InChI is InChI=1S/C17H16N2O2/c1-2-11-7-8-15-13(9-11)19-17(21-15)16-10-18-12-5-3-4-6-14(12)20-16/h3-9,16,18H,2,10H2,1H3. The fraction of sp³-hybridized carbons (Fsp3) is 0.235. The first kappa shape index (κ1) is 12.3. The minimum atomic E-state index is -0.197. The number of nitrogens with zero attached hydrogens (tertiary/aromatic N) is 1. The van der Waals surface area contributed by atoms with Crippen LogP contribution in [0, 0.1) is 0 Å². The second-order valence-corrected chi connectivity index (χ2v) is 5.19. The van der Waals surface area contributed by atoms with E-state index in [1.165, 1.54) is 5.56 Å². The van der Waals surface area contributed by atoms with E-state index in [1.807, 2.05) is 30.3 Å². The summed E-state index contributed by atoms with van der Waals surface area (Å²) in [6, 6.07) is 14.0. The minimum absolute atomic E-state index is 0.197. The SMILES string of the molecule is CCc1ccc2oc(C3CNc4ccccc4O3)nc2c1. The Morgan fingerprint density at radius 2 is 2.14 bits per heavy atom. The maximum absolute atomic E-state index is 5.99. The molecule has 0 saturated carbocycles. The maximum Gasteiger partial charge on any atom is 0.238 e. The van der Waals surface area contributed by atoms with Gasteiger partial charge >= 0.3 is 0 Å². The zero-order chi connectivity index (χ0) is 14.2. The van der Waals surface area contributed by atoms with E-state index in [0.717, 1.165) is 29.0 Å². The Morgan fingerprint density at radius 1 is 1.24 bits per heavy atom. The van der Waals surface area contributed by atoms with Crippen molar-refractivity contribution in [2.24, 2.45) is 0 Å². The summed E-state index contributed by atoms with van der Waals surface area (Å²) in [6.45, 7) is 2.79. The third kappa shape index (κ3) is 2.13. The smallest absolute Gasteiger partial charge is 0.238 e. The van der Waals surface area contributed by atoms with Gasteiger partial charge in [0.25, 0.3) is 0 Å². The number of aryl methyl sites for hydroxylation is 1. The zero-order valence-electron chi connectivity index (χ0n) is 11.8. The third-order valence-corrected chi connectivity index (χ3v) is 3.79. The number of hydrogen-bond donors (Lipinski definition) is 1. The average Bonchev–Trinajstić information content (AvgIpc) is 2.97. The molecule has 0 amide bonds. The van der Waals surface area contributed by atoms with Crippen molar-refractivity contribution in [3.05, 3.63) is 53.9 Å². The van der Waals surface area contributed by atoms with Crippen LogP contribution in [-0.2, 0) is 6.42 Å². The quantitative estimate of drug-likeness (QED) is 0.772. The van der Waals surface area contributed by atoms with E-state index < -0.39 is 0 Å². The highest BCUT2D eigenvalue weighted by Crippen LogP contribution is 2.34. The summed E-state index contributed by atoms with van der Waals surface area (Å²) in [5.74, 6) is 1.46. The van der Waals surface area contributed by atoms with Crippen LogP contribution in [0.2, 0.25) is 0 Å². The Hall–Kier alpha value is -2.49. The van der Waals surface area contributed by atoms with E-state index in [-0.39, 0.29) is 6.10 Å². The van der Waals surface area contributed by atoms with Crippen molar-refractivity contribution in [3.8, 4) is 5.75 Å². The van der Waals surface area contributed by atoms with Gasteiger partial charge in [-0.2, -0.15) is 0 Å². The molecule has 1 unspecified atom stereocenters. The summed E-state index contributed by atoms with van der Waals surface area (Å²) < 4.78 is 11.8. The Kier molecular flexibility index (Phi) is 2.81.